The van der Waals surface area contributed by atoms with Crippen molar-refractivity contribution in [1.82, 2.24) is 0 Å². The van der Waals surface area contributed by atoms with E-state index in [1.807, 2.05) is 0 Å². The molecule has 0 amide bonds. The van der Waals surface area contributed by atoms with E-state index < -0.39 is 0 Å². The molecule has 0 aromatic carbocycles. The van der Waals surface area contributed by atoms with Crippen molar-refractivity contribution in [3.63, 3.8) is 0 Å². The minimum atomic E-state index is 0.864. The van der Waals surface area contributed by atoms with Gasteiger partial charge in [0.1, 0.15) is 0 Å². The van der Waals surface area contributed by atoms with Gasteiger partial charge in [-0.1, -0.05) is 136 Å². The predicted molar refractivity (Wildman–Crippen MR) is 122 cm³/mol. The summed E-state index contributed by atoms with van der Waals surface area (Å²) in [6.45, 7) is 6.92. The molecule has 0 saturated carbocycles. The summed E-state index contributed by atoms with van der Waals surface area (Å²) in [7, 11) is 0. The van der Waals surface area contributed by atoms with Crippen LogP contribution >= 0.6 is 0 Å². The predicted octanol–water partition coefficient (Wildman–Crippen LogP) is 10.0. The highest BCUT2D eigenvalue weighted by atomic mass is 14.1. The Bertz CT molecular complexity index is 249. The molecule has 0 aromatic rings. The number of hydrogen-bond donors (Lipinski definition) is 0. The summed E-state index contributed by atoms with van der Waals surface area (Å²) in [5.41, 5.74) is 0. The average Bonchev–Trinajstić information content (AvgIpc) is 2.65. The van der Waals surface area contributed by atoms with E-state index in [1.165, 1.54) is 128 Å². The van der Waals surface area contributed by atoms with Crippen LogP contribution in [0.25, 0.3) is 0 Å². The molecule has 0 fully saturated rings. The van der Waals surface area contributed by atoms with Gasteiger partial charge in [-0.2, -0.15) is 0 Å². The molecule has 0 aliphatic rings. The lowest BCUT2D eigenvalue weighted by molar-refractivity contribution is 0.464. The minimum Gasteiger partial charge on any atom is -0.0883 e. The smallest absolute Gasteiger partial charge is 0.0234 e. The monoisotopic (exact) mass is 364 g/mol. The Balaban J connectivity index is 3.90. The second-order valence-electron chi connectivity index (χ2n) is 8.50. The van der Waals surface area contributed by atoms with E-state index in [2.05, 4.69) is 32.9 Å². The molecular weight excluding hydrogens is 312 g/mol. The normalized spacial score (nSPS) is 11.8. The van der Waals surface area contributed by atoms with Gasteiger partial charge >= 0.3 is 0 Å². The van der Waals surface area contributed by atoms with Crippen molar-refractivity contribution in [3.05, 3.63) is 12.2 Å². The van der Waals surface area contributed by atoms with Gasteiger partial charge in [-0.25, -0.2) is 0 Å². The fourth-order valence-corrected chi connectivity index (χ4v) is 3.86. The van der Waals surface area contributed by atoms with Gasteiger partial charge in [0, 0.05) is 0 Å². The summed E-state index contributed by atoms with van der Waals surface area (Å²) >= 11 is 0. The van der Waals surface area contributed by atoms with Crippen LogP contribution < -0.4 is 0 Å². The first-order chi connectivity index (χ1) is 12.8. The second-order valence-corrected chi connectivity index (χ2v) is 8.50. The van der Waals surface area contributed by atoms with Crippen molar-refractivity contribution in [3.8, 4) is 0 Å². The standard InChI is InChI=1S/C26H52/c1-4-7-10-13-16-19-22-25-26(23-20-17-14-11-8-5-2)24-21-18-15-12-9-6-3/h22,25-26H,4-21,23-24H2,1-3H3/b25-22-. The van der Waals surface area contributed by atoms with E-state index >= 15 is 0 Å². The fraction of sp³-hybridized carbons (Fsp3) is 0.923. The molecule has 0 N–H and O–H groups in total. The molecular formula is C26H52. The van der Waals surface area contributed by atoms with Gasteiger partial charge in [0.25, 0.3) is 0 Å². The van der Waals surface area contributed by atoms with Gasteiger partial charge < -0.3 is 0 Å². The lowest BCUT2D eigenvalue weighted by Gasteiger charge is -2.13. The summed E-state index contributed by atoms with van der Waals surface area (Å²) in [6, 6.07) is 0. The van der Waals surface area contributed by atoms with Crippen LogP contribution in [0, 0.1) is 5.92 Å². The zero-order valence-corrected chi connectivity index (χ0v) is 18.9. The fourth-order valence-electron chi connectivity index (χ4n) is 3.86. The van der Waals surface area contributed by atoms with Crippen LogP contribution in [-0.2, 0) is 0 Å². The third kappa shape index (κ3) is 20.1. The molecule has 0 radical (unpaired) electrons. The molecule has 0 nitrogen and oxygen atoms in total. The summed E-state index contributed by atoms with van der Waals surface area (Å²) in [4.78, 5) is 0. The Morgan fingerprint density at radius 3 is 1.31 bits per heavy atom. The van der Waals surface area contributed by atoms with Crippen molar-refractivity contribution in [2.45, 2.75) is 149 Å². The Kier molecular flexibility index (Phi) is 22.6. The molecule has 0 bridgehead atoms. The van der Waals surface area contributed by atoms with Crippen molar-refractivity contribution >= 4 is 0 Å². The molecule has 0 aromatic heterocycles. The maximum atomic E-state index is 2.60. The molecule has 0 unspecified atom stereocenters. The largest absolute Gasteiger partial charge is 0.0883 e. The summed E-state index contributed by atoms with van der Waals surface area (Å²) < 4.78 is 0. The van der Waals surface area contributed by atoms with Gasteiger partial charge in [-0.15, -0.1) is 0 Å². The first-order valence-corrected chi connectivity index (χ1v) is 12.5. The van der Waals surface area contributed by atoms with E-state index in [0.29, 0.717) is 0 Å². The lowest BCUT2D eigenvalue weighted by atomic mass is 9.93. The Labute approximate surface area is 167 Å². The summed E-state index contributed by atoms with van der Waals surface area (Å²) in [5, 5.41) is 0. The Hall–Kier alpha value is -0.260. The third-order valence-corrected chi connectivity index (χ3v) is 5.74. The number of allylic oxidation sites excluding steroid dienone is 2. The molecule has 0 aliphatic carbocycles. The van der Waals surface area contributed by atoms with Crippen LogP contribution in [0.5, 0.6) is 0 Å². The van der Waals surface area contributed by atoms with Crippen molar-refractivity contribution in [2.24, 2.45) is 5.92 Å². The highest BCUT2D eigenvalue weighted by Gasteiger charge is 2.05. The molecule has 0 heterocycles. The van der Waals surface area contributed by atoms with E-state index in [-0.39, 0.29) is 0 Å². The maximum Gasteiger partial charge on any atom is -0.0234 e. The lowest BCUT2D eigenvalue weighted by Crippen LogP contribution is -1.97. The molecule has 0 atom stereocenters. The van der Waals surface area contributed by atoms with E-state index in [9.17, 15) is 0 Å². The van der Waals surface area contributed by atoms with Gasteiger partial charge in [0.2, 0.25) is 0 Å². The first kappa shape index (κ1) is 25.7. The van der Waals surface area contributed by atoms with Crippen LogP contribution in [-0.4, -0.2) is 0 Å². The molecule has 0 rings (SSSR count). The SMILES string of the molecule is CCCCCCC/C=C\C(CCCCCCCC)CCCCCCCC. The Morgan fingerprint density at radius 2 is 0.846 bits per heavy atom. The van der Waals surface area contributed by atoms with Crippen molar-refractivity contribution in [1.29, 1.82) is 0 Å². The van der Waals surface area contributed by atoms with Crippen LogP contribution in [0.1, 0.15) is 149 Å². The van der Waals surface area contributed by atoms with Crippen LogP contribution in [0.4, 0.5) is 0 Å². The van der Waals surface area contributed by atoms with Crippen LogP contribution in [0.15, 0.2) is 12.2 Å². The molecule has 0 spiro atoms. The molecule has 0 saturated heterocycles. The topological polar surface area (TPSA) is 0 Å². The first-order valence-electron chi connectivity index (χ1n) is 12.5. The van der Waals surface area contributed by atoms with Gasteiger partial charge in [0.15, 0.2) is 0 Å². The third-order valence-electron chi connectivity index (χ3n) is 5.74. The van der Waals surface area contributed by atoms with Crippen molar-refractivity contribution < 1.29 is 0 Å². The zero-order chi connectivity index (χ0) is 19.1. The van der Waals surface area contributed by atoms with E-state index in [1.54, 1.807) is 0 Å². The average molecular weight is 365 g/mol. The van der Waals surface area contributed by atoms with Crippen molar-refractivity contribution in [2.75, 3.05) is 0 Å². The molecule has 0 heteroatoms. The molecule has 0 aliphatic heterocycles. The quantitative estimate of drug-likeness (QED) is 0.140. The van der Waals surface area contributed by atoms with Gasteiger partial charge in [-0.3, -0.25) is 0 Å². The minimum absolute atomic E-state index is 0.864. The number of unbranched alkanes of at least 4 members (excludes halogenated alkanes) is 15. The number of hydrogen-bond acceptors (Lipinski definition) is 0. The summed E-state index contributed by atoms with van der Waals surface area (Å²) in [6.07, 6.45) is 33.6. The number of rotatable bonds is 21. The van der Waals surface area contributed by atoms with E-state index in [0.717, 1.165) is 5.92 Å². The van der Waals surface area contributed by atoms with Crippen LogP contribution in [0.3, 0.4) is 0 Å². The van der Waals surface area contributed by atoms with Gasteiger partial charge in [-0.05, 0) is 31.6 Å². The Morgan fingerprint density at radius 1 is 0.462 bits per heavy atom. The maximum absolute atomic E-state index is 2.60. The highest BCUT2D eigenvalue weighted by molar-refractivity contribution is 4.88. The van der Waals surface area contributed by atoms with Gasteiger partial charge in [0.05, 0.1) is 0 Å². The molecule has 156 valence electrons. The zero-order valence-electron chi connectivity index (χ0n) is 18.9. The second kappa shape index (κ2) is 22.8. The summed E-state index contributed by atoms with van der Waals surface area (Å²) in [5.74, 6) is 0.864. The molecule has 26 heavy (non-hydrogen) atoms. The van der Waals surface area contributed by atoms with E-state index in [4.69, 9.17) is 0 Å². The highest BCUT2D eigenvalue weighted by Crippen LogP contribution is 2.21. The van der Waals surface area contributed by atoms with Crippen LogP contribution in [0.2, 0.25) is 0 Å².